The Morgan fingerprint density at radius 1 is 1.03 bits per heavy atom. The molecule has 4 aromatic rings. The van der Waals surface area contributed by atoms with Gasteiger partial charge in [-0.3, -0.25) is 24.6 Å². The number of nitrogen functional groups attached to an aromatic ring is 1. The number of aromatic nitrogens is 3. The molecule has 0 bridgehead atoms. The highest BCUT2D eigenvalue weighted by atomic mass is 19.4. The second-order valence-electron chi connectivity index (χ2n) is 7.47. The van der Waals surface area contributed by atoms with Crippen LogP contribution in [0.2, 0.25) is 0 Å². The molecule has 4 rings (SSSR count). The summed E-state index contributed by atoms with van der Waals surface area (Å²) in [7, 11) is 0. The van der Waals surface area contributed by atoms with Gasteiger partial charge in [0.25, 0.3) is 5.56 Å². The Labute approximate surface area is 192 Å². The number of aromatic amines is 1. The predicted octanol–water partition coefficient (Wildman–Crippen LogP) is 4.44. The van der Waals surface area contributed by atoms with Crippen molar-refractivity contribution in [2.45, 2.75) is 19.3 Å². The molecular weight excluding hydrogens is 445 g/mol. The van der Waals surface area contributed by atoms with Gasteiger partial charge in [-0.15, -0.1) is 0 Å². The molecule has 0 aliphatic heterocycles. The number of alkyl halides is 3. The lowest BCUT2D eigenvalue weighted by atomic mass is 10.1. The van der Waals surface area contributed by atoms with Crippen LogP contribution in [0.4, 0.5) is 24.7 Å². The fourth-order valence-electron chi connectivity index (χ4n) is 3.35. The molecule has 174 valence electrons. The lowest BCUT2D eigenvalue weighted by molar-refractivity contribution is -0.142. The van der Waals surface area contributed by atoms with Crippen LogP contribution in [-0.4, -0.2) is 26.8 Å². The van der Waals surface area contributed by atoms with Gasteiger partial charge in [0.1, 0.15) is 23.8 Å². The number of para-hydroxylation sites is 1. The molecule has 0 aliphatic rings. The van der Waals surface area contributed by atoms with Gasteiger partial charge in [0, 0.05) is 17.4 Å². The van der Waals surface area contributed by atoms with E-state index in [-0.39, 0.29) is 23.8 Å². The highest BCUT2D eigenvalue weighted by Gasteiger charge is 2.31. The van der Waals surface area contributed by atoms with Crippen molar-refractivity contribution in [3.63, 3.8) is 0 Å². The third kappa shape index (κ3) is 5.52. The third-order valence-corrected chi connectivity index (χ3v) is 4.96. The molecule has 0 radical (unpaired) electrons. The number of rotatable bonds is 6. The first-order chi connectivity index (χ1) is 16.3. The molecule has 10 heteroatoms. The minimum absolute atomic E-state index is 0.0691. The lowest BCUT2D eigenvalue weighted by Gasteiger charge is -2.11. The largest absolute Gasteiger partial charge is 0.408 e. The average molecular weight is 466 g/mol. The number of H-pyrrole nitrogens is 1. The summed E-state index contributed by atoms with van der Waals surface area (Å²) >= 11 is 0. The molecule has 2 heterocycles. The molecule has 7 nitrogen and oxygen atoms in total. The van der Waals surface area contributed by atoms with Crippen LogP contribution in [0.1, 0.15) is 11.1 Å². The molecule has 0 spiro atoms. The van der Waals surface area contributed by atoms with Gasteiger partial charge in [0.2, 0.25) is 0 Å². The number of aliphatic imine (C=N–C) groups is 1. The normalized spacial score (nSPS) is 12.0. The molecule has 0 saturated heterocycles. The van der Waals surface area contributed by atoms with Gasteiger partial charge in [-0.25, -0.2) is 0 Å². The number of hydrogen-bond acceptors (Lipinski definition) is 4. The van der Waals surface area contributed by atoms with Gasteiger partial charge in [-0.05, 0) is 29.8 Å². The summed E-state index contributed by atoms with van der Waals surface area (Å²) in [6.07, 6.45) is -2.84. The molecule has 0 amide bonds. The number of amidine groups is 1. The van der Waals surface area contributed by atoms with Gasteiger partial charge in [-0.2, -0.15) is 13.2 Å². The monoisotopic (exact) mass is 466 g/mol. The fourth-order valence-corrected chi connectivity index (χ4v) is 3.35. The zero-order valence-electron chi connectivity index (χ0n) is 17.9. The van der Waals surface area contributed by atoms with Crippen molar-refractivity contribution >= 4 is 17.3 Å². The maximum Gasteiger partial charge on any atom is 0.408 e. The minimum atomic E-state index is -4.55. The van der Waals surface area contributed by atoms with Gasteiger partial charge in [0.15, 0.2) is 0 Å². The first kappa shape index (κ1) is 22.8. The van der Waals surface area contributed by atoms with Crippen LogP contribution in [0.25, 0.3) is 11.3 Å². The number of halogens is 3. The Balaban J connectivity index is 1.65. The van der Waals surface area contributed by atoms with E-state index in [1.165, 1.54) is 0 Å². The van der Waals surface area contributed by atoms with Crippen LogP contribution < -0.4 is 16.6 Å². The van der Waals surface area contributed by atoms with Crippen molar-refractivity contribution in [1.82, 2.24) is 14.8 Å². The zero-order valence-corrected chi connectivity index (χ0v) is 17.9. The summed E-state index contributed by atoms with van der Waals surface area (Å²) in [5.41, 5.74) is 8.20. The SMILES string of the molecule is Nc1c(C(=NCc2ccc(-c3ccccn3)cc2)Nc2ccccc2)c(=O)[nH]n1CC(F)(F)F. The van der Waals surface area contributed by atoms with E-state index in [0.717, 1.165) is 16.8 Å². The summed E-state index contributed by atoms with van der Waals surface area (Å²) in [6, 6.07) is 22.0. The van der Waals surface area contributed by atoms with E-state index in [1.807, 2.05) is 48.5 Å². The molecule has 34 heavy (non-hydrogen) atoms. The molecule has 0 atom stereocenters. The second kappa shape index (κ2) is 9.65. The Bertz CT molecular complexity index is 1330. The molecule has 2 aromatic carbocycles. The van der Waals surface area contributed by atoms with Crippen molar-refractivity contribution in [3.8, 4) is 11.3 Å². The Hall–Kier alpha value is -4.34. The summed E-state index contributed by atoms with van der Waals surface area (Å²) in [5.74, 6) is -0.283. The van der Waals surface area contributed by atoms with Crippen LogP contribution in [0.15, 0.2) is 88.8 Å². The summed E-state index contributed by atoms with van der Waals surface area (Å²) in [4.78, 5) is 21.3. The Kier molecular flexibility index (Phi) is 6.48. The second-order valence-corrected chi connectivity index (χ2v) is 7.47. The van der Waals surface area contributed by atoms with Gasteiger partial charge >= 0.3 is 6.18 Å². The van der Waals surface area contributed by atoms with Crippen molar-refractivity contribution < 1.29 is 13.2 Å². The highest BCUT2D eigenvalue weighted by molar-refractivity contribution is 6.10. The van der Waals surface area contributed by atoms with Crippen molar-refractivity contribution in [2.75, 3.05) is 11.1 Å². The van der Waals surface area contributed by atoms with E-state index >= 15 is 0 Å². The van der Waals surface area contributed by atoms with E-state index in [9.17, 15) is 18.0 Å². The minimum Gasteiger partial charge on any atom is -0.383 e. The highest BCUT2D eigenvalue weighted by Crippen LogP contribution is 2.21. The van der Waals surface area contributed by atoms with Crippen LogP contribution in [-0.2, 0) is 13.1 Å². The molecule has 0 unspecified atom stereocenters. The molecule has 0 aliphatic carbocycles. The molecule has 2 aromatic heterocycles. The number of anilines is 2. The summed E-state index contributed by atoms with van der Waals surface area (Å²) < 4.78 is 39.2. The van der Waals surface area contributed by atoms with E-state index in [1.54, 1.807) is 30.5 Å². The number of benzene rings is 2. The molecule has 4 N–H and O–H groups in total. The fraction of sp³-hybridized carbons (Fsp3) is 0.125. The summed E-state index contributed by atoms with van der Waals surface area (Å²) in [6.45, 7) is -1.25. The van der Waals surface area contributed by atoms with E-state index < -0.39 is 18.3 Å². The first-order valence-electron chi connectivity index (χ1n) is 10.3. The van der Waals surface area contributed by atoms with E-state index in [2.05, 4.69) is 20.4 Å². The quantitative estimate of drug-likeness (QED) is 0.289. The standard InChI is InChI=1S/C24H21F3N6O/c25-24(26,27)15-33-21(28)20(23(34)32-33)22(31-18-6-2-1-3-7-18)30-14-16-9-11-17(12-10-16)19-8-4-5-13-29-19/h1-13H,14-15,28H2,(H,30,31)(H,32,34). The third-order valence-electron chi connectivity index (χ3n) is 4.96. The van der Waals surface area contributed by atoms with Crippen molar-refractivity contribution in [3.05, 3.63) is 100 Å². The van der Waals surface area contributed by atoms with Crippen LogP contribution >= 0.6 is 0 Å². The number of nitrogens with one attached hydrogen (secondary N) is 2. The molecule has 0 fully saturated rings. The Morgan fingerprint density at radius 3 is 2.38 bits per heavy atom. The van der Waals surface area contributed by atoms with Gasteiger partial charge < -0.3 is 11.1 Å². The number of pyridine rings is 1. The first-order valence-corrected chi connectivity index (χ1v) is 10.3. The van der Waals surface area contributed by atoms with Crippen molar-refractivity contribution in [1.29, 1.82) is 0 Å². The van der Waals surface area contributed by atoms with Gasteiger partial charge in [0.05, 0.1) is 12.2 Å². The maximum atomic E-state index is 12.9. The molecular formula is C24H21F3N6O. The van der Waals surface area contributed by atoms with Crippen LogP contribution in [0, 0.1) is 0 Å². The van der Waals surface area contributed by atoms with E-state index in [4.69, 9.17) is 5.73 Å². The smallest absolute Gasteiger partial charge is 0.383 e. The van der Waals surface area contributed by atoms with Crippen LogP contribution in [0.5, 0.6) is 0 Å². The number of nitrogens with two attached hydrogens (primary N) is 1. The summed E-state index contributed by atoms with van der Waals surface area (Å²) in [5, 5.41) is 5.15. The number of hydrogen-bond donors (Lipinski definition) is 3. The number of nitrogens with zero attached hydrogens (tertiary/aromatic N) is 3. The van der Waals surface area contributed by atoms with Crippen LogP contribution in [0.3, 0.4) is 0 Å². The Morgan fingerprint density at radius 2 is 1.74 bits per heavy atom. The predicted molar refractivity (Wildman–Crippen MR) is 125 cm³/mol. The molecule has 0 saturated carbocycles. The topological polar surface area (TPSA) is 101 Å². The van der Waals surface area contributed by atoms with E-state index in [0.29, 0.717) is 10.4 Å². The van der Waals surface area contributed by atoms with Gasteiger partial charge in [-0.1, -0.05) is 48.5 Å². The lowest BCUT2D eigenvalue weighted by Crippen LogP contribution is -2.22. The maximum absolute atomic E-state index is 12.9. The average Bonchev–Trinajstić information content (AvgIpc) is 3.09. The zero-order chi connectivity index (χ0) is 24.1. The van der Waals surface area contributed by atoms with Crippen molar-refractivity contribution in [2.24, 2.45) is 4.99 Å².